The molecule has 0 aliphatic rings. The van der Waals surface area contributed by atoms with E-state index in [0.717, 1.165) is 0 Å². The molecule has 0 spiro atoms. The number of nitrogens with zero attached hydrogens (tertiary/aromatic N) is 2. The molecule has 1 atom stereocenters. The van der Waals surface area contributed by atoms with Crippen molar-refractivity contribution in [3.05, 3.63) is 41.7 Å². The molecule has 6 heteroatoms. The second kappa shape index (κ2) is 6.90. The highest BCUT2D eigenvalue weighted by molar-refractivity contribution is 5.41. The van der Waals surface area contributed by atoms with Crippen molar-refractivity contribution < 1.29 is 19.3 Å². The molecule has 2 aromatic rings. The van der Waals surface area contributed by atoms with Crippen molar-refractivity contribution in [2.45, 2.75) is 13.0 Å². The van der Waals surface area contributed by atoms with Gasteiger partial charge in [-0.1, -0.05) is 18.2 Å². The summed E-state index contributed by atoms with van der Waals surface area (Å²) in [6.07, 6.45) is 0.436. The Morgan fingerprint density at radius 1 is 1.19 bits per heavy atom. The van der Waals surface area contributed by atoms with Crippen LogP contribution in [0.2, 0.25) is 0 Å². The lowest BCUT2D eigenvalue weighted by molar-refractivity contribution is 0.199. The van der Waals surface area contributed by atoms with E-state index >= 15 is 0 Å². The molecule has 1 aromatic carbocycles. The second-order valence-electron chi connectivity index (χ2n) is 4.18. The summed E-state index contributed by atoms with van der Waals surface area (Å²) in [7, 11) is 2.96. The fraction of sp³-hybridized carbons (Fsp3) is 0.333. The van der Waals surface area contributed by atoms with Gasteiger partial charge in [-0.25, -0.2) is 4.98 Å². The molecular formula is C15H18N2O4. The Balaban J connectivity index is 2.42. The van der Waals surface area contributed by atoms with Crippen LogP contribution >= 0.6 is 0 Å². The van der Waals surface area contributed by atoms with Gasteiger partial charge in [0.15, 0.2) is 0 Å². The van der Waals surface area contributed by atoms with Gasteiger partial charge in [0.1, 0.15) is 17.5 Å². The molecule has 0 aliphatic heterocycles. The summed E-state index contributed by atoms with van der Waals surface area (Å²) in [5, 5.41) is 10.6. The summed E-state index contributed by atoms with van der Waals surface area (Å²) in [6.45, 7) is 2.39. The average Bonchev–Trinajstić information content (AvgIpc) is 2.54. The molecule has 2 rings (SSSR count). The molecular weight excluding hydrogens is 272 g/mol. The number of hydrogen-bond donors (Lipinski definition) is 1. The number of rotatable bonds is 6. The van der Waals surface area contributed by atoms with E-state index in [1.807, 2.05) is 19.1 Å². The van der Waals surface area contributed by atoms with Crippen molar-refractivity contribution in [2.75, 3.05) is 20.8 Å². The molecule has 0 saturated heterocycles. The average molecular weight is 290 g/mol. The van der Waals surface area contributed by atoms with E-state index in [-0.39, 0.29) is 5.88 Å². The Kier molecular flexibility index (Phi) is 4.94. The van der Waals surface area contributed by atoms with Crippen molar-refractivity contribution in [3.63, 3.8) is 0 Å². The molecule has 1 unspecified atom stereocenters. The number of ether oxygens (including phenoxy) is 3. The van der Waals surface area contributed by atoms with Crippen molar-refractivity contribution in [2.24, 2.45) is 0 Å². The number of aliphatic hydroxyl groups excluding tert-OH is 1. The molecule has 1 aromatic heterocycles. The van der Waals surface area contributed by atoms with Crippen molar-refractivity contribution in [3.8, 4) is 17.5 Å². The van der Waals surface area contributed by atoms with Crippen LogP contribution in [-0.2, 0) is 0 Å². The normalized spacial score (nSPS) is 11.8. The minimum absolute atomic E-state index is 0.216. The molecule has 112 valence electrons. The van der Waals surface area contributed by atoms with E-state index in [1.165, 1.54) is 20.4 Å². The van der Waals surface area contributed by atoms with E-state index in [0.29, 0.717) is 29.5 Å². The highest BCUT2D eigenvalue weighted by atomic mass is 16.5. The maximum Gasteiger partial charge on any atom is 0.241 e. The summed E-state index contributed by atoms with van der Waals surface area (Å²) < 4.78 is 15.7. The van der Waals surface area contributed by atoms with Crippen LogP contribution in [-0.4, -0.2) is 35.9 Å². The van der Waals surface area contributed by atoms with Gasteiger partial charge >= 0.3 is 0 Å². The first kappa shape index (κ1) is 15.1. The Bertz CT molecular complexity index is 604. The van der Waals surface area contributed by atoms with Crippen LogP contribution in [0.15, 0.2) is 30.5 Å². The van der Waals surface area contributed by atoms with Crippen LogP contribution in [0.4, 0.5) is 0 Å². The van der Waals surface area contributed by atoms with Gasteiger partial charge in [0.2, 0.25) is 11.8 Å². The van der Waals surface area contributed by atoms with Gasteiger partial charge in [-0.05, 0) is 13.0 Å². The highest BCUT2D eigenvalue weighted by Gasteiger charge is 2.22. The van der Waals surface area contributed by atoms with Crippen LogP contribution in [0.3, 0.4) is 0 Å². The first-order chi connectivity index (χ1) is 10.2. The molecule has 0 bridgehead atoms. The molecule has 0 fully saturated rings. The number of hydrogen-bond acceptors (Lipinski definition) is 6. The largest absolute Gasteiger partial charge is 0.493 e. The van der Waals surface area contributed by atoms with Crippen LogP contribution in [0.5, 0.6) is 17.5 Å². The van der Waals surface area contributed by atoms with Gasteiger partial charge in [-0.2, -0.15) is 4.98 Å². The summed E-state index contributed by atoms with van der Waals surface area (Å²) >= 11 is 0. The standard InChI is InChI=1S/C15H18N2O4/c1-4-21-11-8-6-5-7-10(11)14(18)13-15(20-3)17-12(19-2)9-16-13/h5-9,14,18H,4H2,1-3H3. The Labute approximate surface area is 123 Å². The molecule has 21 heavy (non-hydrogen) atoms. The topological polar surface area (TPSA) is 73.7 Å². The van der Waals surface area contributed by atoms with Crippen LogP contribution in [0.1, 0.15) is 24.3 Å². The molecule has 0 radical (unpaired) electrons. The number of aliphatic hydroxyl groups is 1. The maximum absolute atomic E-state index is 10.6. The fourth-order valence-electron chi connectivity index (χ4n) is 1.94. The predicted molar refractivity (Wildman–Crippen MR) is 76.8 cm³/mol. The minimum Gasteiger partial charge on any atom is -0.493 e. The minimum atomic E-state index is -0.999. The Morgan fingerprint density at radius 3 is 2.62 bits per heavy atom. The van der Waals surface area contributed by atoms with Crippen molar-refractivity contribution in [1.82, 2.24) is 9.97 Å². The fourth-order valence-corrected chi connectivity index (χ4v) is 1.94. The van der Waals surface area contributed by atoms with Gasteiger partial charge in [0, 0.05) is 5.56 Å². The lowest BCUT2D eigenvalue weighted by Gasteiger charge is -2.17. The number of para-hydroxylation sites is 1. The monoisotopic (exact) mass is 290 g/mol. The summed E-state index contributed by atoms with van der Waals surface area (Å²) in [5.41, 5.74) is 0.919. The van der Waals surface area contributed by atoms with Gasteiger partial charge in [-0.15, -0.1) is 0 Å². The maximum atomic E-state index is 10.6. The summed E-state index contributed by atoms with van der Waals surface area (Å²) in [4.78, 5) is 8.30. The Morgan fingerprint density at radius 2 is 1.95 bits per heavy atom. The van der Waals surface area contributed by atoms with Gasteiger partial charge in [-0.3, -0.25) is 0 Å². The predicted octanol–water partition coefficient (Wildman–Crippen LogP) is 1.97. The second-order valence-corrected chi connectivity index (χ2v) is 4.18. The van der Waals surface area contributed by atoms with E-state index in [2.05, 4.69) is 9.97 Å². The molecule has 0 amide bonds. The summed E-state index contributed by atoms with van der Waals surface area (Å²) in [5.74, 6) is 1.14. The van der Waals surface area contributed by atoms with Crippen LogP contribution in [0, 0.1) is 0 Å². The number of methoxy groups -OCH3 is 2. The quantitative estimate of drug-likeness (QED) is 0.877. The first-order valence-corrected chi connectivity index (χ1v) is 6.56. The molecule has 1 heterocycles. The lowest BCUT2D eigenvalue weighted by atomic mass is 10.1. The molecule has 1 N–H and O–H groups in total. The SMILES string of the molecule is CCOc1ccccc1C(O)c1ncc(OC)nc1OC. The van der Waals surface area contributed by atoms with Gasteiger partial charge in [0.25, 0.3) is 0 Å². The lowest BCUT2D eigenvalue weighted by Crippen LogP contribution is -2.09. The third kappa shape index (κ3) is 3.22. The third-order valence-corrected chi connectivity index (χ3v) is 2.92. The molecule has 0 saturated carbocycles. The zero-order valence-electron chi connectivity index (χ0n) is 12.2. The number of aromatic nitrogens is 2. The number of benzene rings is 1. The van der Waals surface area contributed by atoms with Gasteiger partial charge < -0.3 is 19.3 Å². The van der Waals surface area contributed by atoms with Gasteiger partial charge in [0.05, 0.1) is 27.0 Å². The van der Waals surface area contributed by atoms with Crippen LogP contribution in [0.25, 0.3) is 0 Å². The zero-order chi connectivity index (χ0) is 15.2. The first-order valence-electron chi connectivity index (χ1n) is 6.56. The van der Waals surface area contributed by atoms with E-state index in [1.54, 1.807) is 12.1 Å². The molecule has 6 nitrogen and oxygen atoms in total. The van der Waals surface area contributed by atoms with Crippen LogP contribution < -0.4 is 14.2 Å². The van der Waals surface area contributed by atoms with Crippen molar-refractivity contribution >= 4 is 0 Å². The van der Waals surface area contributed by atoms with E-state index in [9.17, 15) is 5.11 Å². The van der Waals surface area contributed by atoms with Crippen molar-refractivity contribution in [1.29, 1.82) is 0 Å². The Hall–Kier alpha value is -2.34. The smallest absolute Gasteiger partial charge is 0.241 e. The summed E-state index contributed by atoms with van der Waals surface area (Å²) in [6, 6.07) is 7.25. The molecule has 0 aliphatic carbocycles. The zero-order valence-corrected chi connectivity index (χ0v) is 12.2. The van der Waals surface area contributed by atoms with E-state index < -0.39 is 6.10 Å². The highest BCUT2D eigenvalue weighted by Crippen LogP contribution is 2.33. The van der Waals surface area contributed by atoms with E-state index in [4.69, 9.17) is 14.2 Å². The third-order valence-electron chi connectivity index (χ3n) is 2.92.